The highest BCUT2D eigenvalue weighted by atomic mass is 16.5. The number of carbonyl (C=O) groups excluding carboxylic acids is 1. The zero-order valence-corrected chi connectivity index (χ0v) is 11.3. The van der Waals surface area contributed by atoms with Crippen LogP contribution in [0.25, 0.3) is 5.69 Å². The van der Waals surface area contributed by atoms with Crippen molar-refractivity contribution in [1.29, 1.82) is 0 Å². The monoisotopic (exact) mass is 259 g/mol. The predicted octanol–water partition coefficient (Wildman–Crippen LogP) is 2.36. The zero-order chi connectivity index (χ0) is 14.0. The quantitative estimate of drug-likeness (QED) is 0.859. The van der Waals surface area contributed by atoms with Crippen LogP contribution in [-0.2, 0) is 4.74 Å². The largest absolute Gasteiger partial charge is 0.465 e. The van der Waals surface area contributed by atoms with Crippen LogP contribution in [-0.4, -0.2) is 22.9 Å². The Labute approximate surface area is 112 Å². The highest BCUT2D eigenvalue weighted by Crippen LogP contribution is 2.26. The van der Waals surface area contributed by atoms with Crippen molar-refractivity contribution >= 4 is 11.8 Å². The maximum absolute atomic E-state index is 11.8. The van der Waals surface area contributed by atoms with E-state index in [2.05, 4.69) is 5.10 Å². The second-order valence-corrected chi connectivity index (χ2v) is 4.54. The van der Waals surface area contributed by atoms with Gasteiger partial charge >= 0.3 is 5.97 Å². The van der Waals surface area contributed by atoms with Crippen LogP contribution in [0.3, 0.4) is 0 Å². The third-order valence-corrected chi connectivity index (χ3v) is 2.89. The molecule has 19 heavy (non-hydrogen) atoms. The van der Waals surface area contributed by atoms with Gasteiger partial charge in [-0.05, 0) is 18.1 Å². The summed E-state index contributed by atoms with van der Waals surface area (Å²) in [5.74, 6) is -0.0634. The summed E-state index contributed by atoms with van der Waals surface area (Å²) in [7, 11) is 1.34. The van der Waals surface area contributed by atoms with Gasteiger partial charge in [0, 0.05) is 0 Å². The summed E-state index contributed by atoms with van der Waals surface area (Å²) in [6, 6.07) is 9.46. The number of anilines is 1. The van der Waals surface area contributed by atoms with Crippen molar-refractivity contribution in [3.63, 3.8) is 0 Å². The molecule has 0 amide bonds. The Kier molecular flexibility index (Phi) is 3.55. The molecule has 0 saturated heterocycles. The van der Waals surface area contributed by atoms with E-state index in [-0.39, 0.29) is 5.92 Å². The second-order valence-electron chi connectivity index (χ2n) is 4.54. The number of nitrogen functional groups attached to an aromatic ring is 1. The van der Waals surface area contributed by atoms with E-state index >= 15 is 0 Å². The fourth-order valence-corrected chi connectivity index (χ4v) is 1.93. The molecule has 0 spiro atoms. The summed E-state index contributed by atoms with van der Waals surface area (Å²) < 4.78 is 6.36. The minimum atomic E-state index is -0.455. The fourth-order valence-electron chi connectivity index (χ4n) is 1.93. The number of para-hydroxylation sites is 1. The van der Waals surface area contributed by atoms with Gasteiger partial charge in [0.05, 0.1) is 18.5 Å². The molecule has 0 aliphatic rings. The van der Waals surface area contributed by atoms with Gasteiger partial charge in [-0.3, -0.25) is 0 Å². The Morgan fingerprint density at radius 2 is 1.95 bits per heavy atom. The molecule has 0 saturated carbocycles. The van der Waals surface area contributed by atoms with Crippen LogP contribution in [0.1, 0.15) is 35.8 Å². The average molecular weight is 259 g/mol. The van der Waals surface area contributed by atoms with Crippen LogP contribution in [0.2, 0.25) is 0 Å². The van der Waals surface area contributed by atoms with Crippen molar-refractivity contribution in [2.45, 2.75) is 19.8 Å². The topological polar surface area (TPSA) is 70.1 Å². The number of benzene rings is 1. The van der Waals surface area contributed by atoms with E-state index in [4.69, 9.17) is 10.5 Å². The molecule has 0 aliphatic carbocycles. The summed E-state index contributed by atoms with van der Waals surface area (Å²) in [6.07, 6.45) is 0. The number of nitrogens with two attached hydrogens (primary N) is 1. The van der Waals surface area contributed by atoms with E-state index in [0.717, 1.165) is 5.69 Å². The molecular weight excluding hydrogens is 242 g/mol. The predicted molar refractivity (Wildman–Crippen MR) is 73.4 cm³/mol. The van der Waals surface area contributed by atoms with Crippen LogP contribution >= 0.6 is 0 Å². The third kappa shape index (κ3) is 2.31. The number of hydrogen-bond donors (Lipinski definition) is 1. The molecule has 1 aromatic heterocycles. The Hall–Kier alpha value is -2.30. The maximum Gasteiger partial charge on any atom is 0.343 e. The first-order chi connectivity index (χ1) is 9.06. The van der Waals surface area contributed by atoms with Crippen molar-refractivity contribution in [1.82, 2.24) is 9.78 Å². The van der Waals surface area contributed by atoms with Crippen molar-refractivity contribution in [2.75, 3.05) is 12.8 Å². The normalized spacial score (nSPS) is 10.7. The van der Waals surface area contributed by atoms with Crippen molar-refractivity contribution in [2.24, 2.45) is 0 Å². The van der Waals surface area contributed by atoms with Crippen molar-refractivity contribution in [3.05, 3.63) is 41.6 Å². The number of methoxy groups -OCH3 is 1. The first-order valence-corrected chi connectivity index (χ1v) is 6.08. The second kappa shape index (κ2) is 5.14. The van der Waals surface area contributed by atoms with E-state index in [0.29, 0.717) is 17.1 Å². The van der Waals surface area contributed by atoms with E-state index in [9.17, 15) is 4.79 Å². The molecule has 0 radical (unpaired) electrons. The number of ether oxygens (including phenoxy) is 1. The lowest BCUT2D eigenvalue weighted by Gasteiger charge is -2.04. The first-order valence-electron chi connectivity index (χ1n) is 6.08. The van der Waals surface area contributed by atoms with Gasteiger partial charge in [-0.1, -0.05) is 32.0 Å². The average Bonchev–Trinajstić information content (AvgIpc) is 2.77. The van der Waals surface area contributed by atoms with Gasteiger partial charge in [-0.2, -0.15) is 5.10 Å². The lowest BCUT2D eigenvalue weighted by atomic mass is 10.1. The standard InChI is InChI=1S/C14H17N3O2/c1-9(2)12-11(14(18)19-3)13(15)17(16-12)10-7-5-4-6-8-10/h4-9H,15H2,1-3H3. The molecule has 0 aliphatic heterocycles. The van der Waals surface area contributed by atoms with E-state index in [1.165, 1.54) is 7.11 Å². The van der Waals surface area contributed by atoms with Gasteiger partial charge in [-0.15, -0.1) is 0 Å². The molecule has 2 rings (SSSR count). The maximum atomic E-state index is 11.8. The van der Waals surface area contributed by atoms with Crippen LogP contribution < -0.4 is 5.73 Å². The lowest BCUT2D eigenvalue weighted by molar-refractivity contribution is 0.0600. The summed E-state index contributed by atoms with van der Waals surface area (Å²) >= 11 is 0. The van der Waals surface area contributed by atoms with Gasteiger partial charge in [0.2, 0.25) is 0 Å². The number of hydrogen-bond acceptors (Lipinski definition) is 4. The van der Waals surface area contributed by atoms with Crippen LogP contribution in [0, 0.1) is 0 Å². The van der Waals surface area contributed by atoms with Gasteiger partial charge in [0.1, 0.15) is 11.4 Å². The summed E-state index contributed by atoms with van der Waals surface area (Å²) in [5.41, 5.74) is 7.86. The van der Waals surface area contributed by atoms with Gasteiger partial charge in [0.25, 0.3) is 0 Å². The highest BCUT2D eigenvalue weighted by molar-refractivity contribution is 5.96. The zero-order valence-electron chi connectivity index (χ0n) is 11.3. The minimum Gasteiger partial charge on any atom is -0.465 e. The molecule has 2 aromatic rings. The Morgan fingerprint density at radius 1 is 1.32 bits per heavy atom. The molecule has 0 fully saturated rings. The molecular formula is C14H17N3O2. The van der Waals surface area contributed by atoms with Gasteiger partial charge < -0.3 is 10.5 Å². The third-order valence-electron chi connectivity index (χ3n) is 2.89. The van der Waals surface area contributed by atoms with E-state index in [1.807, 2.05) is 44.2 Å². The summed E-state index contributed by atoms with van der Waals surface area (Å²) in [5, 5.41) is 4.44. The Bertz CT molecular complexity index is 588. The number of esters is 1. The molecule has 2 N–H and O–H groups in total. The molecule has 1 aromatic carbocycles. The minimum absolute atomic E-state index is 0.0846. The molecule has 5 nitrogen and oxygen atoms in total. The Morgan fingerprint density at radius 3 is 2.47 bits per heavy atom. The lowest BCUT2D eigenvalue weighted by Crippen LogP contribution is -2.08. The van der Waals surface area contributed by atoms with Crippen molar-refractivity contribution < 1.29 is 9.53 Å². The first kappa shape index (κ1) is 13.1. The molecule has 0 bridgehead atoms. The number of rotatable bonds is 3. The van der Waals surface area contributed by atoms with Crippen LogP contribution in [0.4, 0.5) is 5.82 Å². The summed E-state index contributed by atoms with van der Waals surface area (Å²) in [6.45, 7) is 3.92. The number of nitrogens with zero attached hydrogens (tertiary/aromatic N) is 2. The van der Waals surface area contributed by atoms with E-state index < -0.39 is 5.97 Å². The smallest absolute Gasteiger partial charge is 0.343 e. The molecule has 5 heteroatoms. The Balaban J connectivity index is 2.62. The summed E-state index contributed by atoms with van der Waals surface area (Å²) in [4.78, 5) is 11.8. The molecule has 1 heterocycles. The molecule has 100 valence electrons. The van der Waals surface area contributed by atoms with Crippen LogP contribution in [0.15, 0.2) is 30.3 Å². The van der Waals surface area contributed by atoms with Gasteiger partial charge in [0.15, 0.2) is 0 Å². The molecule has 0 unspecified atom stereocenters. The SMILES string of the molecule is COC(=O)c1c(C(C)C)nn(-c2ccccc2)c1N. The van der Waals surface area contributed by atoms with Crippen LogP contribution in [0.5, 0.6) is 0 Å². The number of aromatic nitrogens is 2. The fraction of sp³-hybridized carbons (Fsp3) is 0.286. The van der Waals surface area contributed by atoms with Crippen molar-refractivity contribution in [3.8, 4) is 5.69 Å². The molecule has 0 atom stereocenters. The van der Waals surface area contributed by atoms with E-state index in [1.54, 1.807) is 4.68 Å². The van der Waals surface area contributed by atoms with Gasteiger partial charge in [-0.25, -0.2) is 9.48 Å². The highest BCUT2D eigenvalue weighted by Gasteiger charge is 2.24. The number of carbonyl (C=O) groups is 1.